The van der Waals surface area contributed by atoms with E-state index in [1.54, 1.807) is 6.07 Å². The van der Waals surface area contributed by atoms with E-state index >= 15 is 0 Å². The van der Waals surface area contributed by atoms with Crippen molar-refractivity contribution in [2.24, 2.45) is 0 Å². The lowest BCUT2D eigenvalue weighted by Gasteiger charge is -2.29. The summed E-state index contributed by atoms with van der Waals surface area (Å²) < 4.78 is 14.8. The van der Waals surface area contributed by atoms with Crippen LogP contribution in [0.25, 0.3) is 6.08 Å². The number of urea groups is 1. The van der Waals surface area contributed by atoms with Gasteiger partial charge in [0.15, 0.2) is 0 Å². The van der Waals surface area contributed by atoms with Gasteiger partial charge in [0.05, 0.1) is 15.7 Å². The first-order chi connectivity index (χ1) is 14.9. The number of nitrogens with one attached hydrogen (secondary N) is 1. The van der Waals surface area contributed by atoms with Crippen LogP contribution in [0, 0.1) is 5.82 Å². The number of nitrogens with zero attached hydrogens (tertiary/aromatic N) is 2. The molecule has 2 aliphatic rings. The Morgan fingerprint density at radius 3 is 2.45 bits per heavy atom. The maximum atomic E-state index is 14.8. The van der Waals surface area contributed by atoms with Gasteiger partial charge in [0.25, 0.3) is 11.8 Å². The first-order valence-corrected chi connectivity index (χ1v) is 10.5. The molecule has 4 amide bonds. The van der Waals surface area contributed by atoms with E-state index in [-0.39, 0.29) is 26.9 Å². The SMILES string of the molecule is O=C1NC(=O)N(c2cccc(Cl)c2Cl)C(=O)/C1=C/c1ccc(N2CCCCC2)cc1F. The van der Waals surface area contributed by atoms with Crippen molar-refractivity contribution >= 4 is 58.5 Å². The Bertz CT molecular complexity index is 1110. The molecule has 2 aromatic carbocycles. The predicted molar refractivity (Wildman–Crippen MR) is 118 cm³/mol. The molecule has 2 aliphatic heterocycles. The van der Waals surface area contributed by atoms with Crippen LogP contribution in [0.2, 0.25) is 10.0 Å². The Morgan fingerprint density at radius 2 is 1.74 bits per heavy atom. The van der Waals surface area contributed by atoms with Crippen LogP contribution in [0.15, 0.2) is 42.0 Å². The van der Waals surface area contributed by atoms with Crippen LogP contribution in [0.4, 0.5) is 20.6 Å². The highest BCUT2D eigenvalue weighted by Crippen LogP contribution is 2.34. The van der Waals surface area contributed by atoms with Gasteiger partial charge in [-0.05, 0) is 55.7 Å². The number of amides is 4. The molecule has 1 N–H and O–H groups in total. The van der Waals surface area contributed by atoms with Crippen molar-refractivity contribution in [2.45, 2.75) is 19.3 Å². The molecule has 6 nitrogen and oxygen atoms in total. The fraction of sp³-hybridized carbons (Fsp3) is 0.227. The molecule has 2 heterocycles. The third kappa shape index (κ3) is 4.16. The van der Waals surface area contributed by atoms with E-state index in [9.17, 15) is 18.8 Å². The van der Waals surface area contributed by atoms with E-state index in [1.165, 1.54) is 30.3 Å². The minimum Gasteiger partial charge on any atom is -0.371 e. The lowest BCUT2D eigenvalue weighted by Crippen LogP contribution is -2.54. The van der Waals surface area contributed by atoms with Crippen LogP contribution in [0.5, 0.6) is 0 Å². The molecule has 160 valence electrons. The summed E-state index contributed by atoms with van der Waals surface area (Å²) in [5.74, 6) is -2.40. The number of carbonyl (C=O) groups is 3. The Hall–Kier alpha value is -2.90. The summed E-state index contributed by atoms with van der Waals surface area (Å²) in [6.07, 6.45) is 4.40. The Morgan fingerprint density at radius 1 is 1.00 bits per heavy atom. The molecule has 0 aromatic heterocycles. The van der Waals surface area contributed by atoms with Gasteiger partial charge >= 0.3 is 6.03 Å². The molecule has 0 radical (unpaired) electrons. The molecular formula is C22H18Cl2FN3O3. The van der Waals surface area contributed by atoms with Crippen molar-refractivity contribution in [3.8, 4) is 0 Å². The highest BCUT2D eigenvalue weighted by molar-refractivity contribution is 6.46. The number of carbonyl (C=O) groups excluding carboxylic acids is 3. The molecule has 2 saturated heterocycles. The van der Waals surface area contributed by atoms with E-state index in [2.05, 4.69) is 10.2 Å². The molecule has 9 heteroatoms. The lowest BCUT2D eigenvalue weighted by molar-refractivity contribution is -0.122. The molecule has 0 atom stereocenters. The first kappa shape index (κ1) is 21.3. The van der Waals surface area contributed by atoms with E-state index in [4.69, 9.17) is 23.2 Å². The van der Waals surface area contributed by atoms with Crippen LogP contribution >= 0.6 is 23.2 Å². The zero-order valence-electron chi connectivity index (χ0n) is 16.3. The minimum absolute atomic E-state index is 0.0153. The van der Waals surface area contributed by atoms with E-state index < -0.39 is 23.7 Å². The summed E-state index contributed by atoms with van der Waals surface area (Å²) in [6, 6.07) is 8.14. The lowest BCUT2D eigenvalue weighted by atomic mass is 10.0. The van der Waals surface area contributed by atoms with E-state index in [1.807, 2.05) is 0 Å². The second-order valence-electron chi connectivity index (χ2n) is 7.28. The van der Waals surface area contributed by atoms with Gasteiger partial charge < -0.3 is 4.90 Å². The summed E-state index contributed by atoms with van der Waals surface area (Å²) in [6.45, 7) is 1.72. The van der Waals surface area contributed by atoms with E-state index in [0.717, 1.165) is 44.1 Å². The van der Waals surface area contributed by atoms with Gasteiger partial charge in [-0.1, -0.05) is 29.3 Å². The quantitative estimate of drug-likeness (QED) is 0.526. The molecule has 0 spiro atoms. The maximum absolute atomic E-state index is 14.8. The third-order valence-electron chi connectivity index (χ3n) is 5.28. The first-order valence-electron chi connectivity index (χ1n) is 9.77. The van der Waals surface area contributed by atoms with Crippen LogP contribution < -0.4 is 15.1 Å². The number of piperidine rings is 1. The molecule has 0 aliphatic carbocycles. The van der Waals surface area contributed by atoms with Gasteiger partial charge in [0.2, 0.25) is 0 Å². The topological polar surface area (TPSA) is 69.7 Å². The van der Waals surface area contributed by atoms with Gasteiger partial charge in [-0.15, -0.1) is 0 Å². The van der Waals surface area contributed by atoms with Gasteiger partial charge in [-0.2, -0.15) is 0 Å². The van der Waals surface area contributed by atoms with Crippen molar-refractivity contribution in [2.75, 3.05) is 22.9 Å². The summed E-state index contributed by atoms with van der Waals surface area (Å²) >= 11 is 12.1. The predicted octanol–water partition coefficient (Wildman–Crippen LogP) is 4.79. The van der Waals surface area contributed by atoms with E-state index in [0.29, 0.717) is 4.90 Å². The second kappa shape index (κ2) is 8.69. The average Bonchev–Trinajstić information content (AvgIpc) is 2.75. The normalized spacial score (nSPS) is 18.5. The second-order valence-corrected chi connectivity index (χ2v) is 8.07. The summed E-state index contributed by atoms with van der Waals surface area (Å²) in [7, 11) is 0. The number of hydrogen-bond acceptors (Lipinski definition) is 4. The Labute approximate surface area is 188 Å². The minimum atomic E-state index is -0.961. The average molecular weight is 462 g/mol. The molecule has 0 unspecified atom stereocenters. The molecule has 0 bridgehead atoms. The zero-order valence-corrected chi connectivity index (χ0v) is 17.8. The molecular weight excluding hydrogens is 444 g/mol. The fourth-order valence-electron chi connectivity index (χ4n) is 3.68. The molecule has 2 aromatic rings. The molecule has 31 heavy (non-hydrogen) atoms. The third-order valence-corrected chi connectivity index (χ3v) is 6.09. The Kier molecular flexibility index (Phi) is 5.98. The van der Waals surface area contributed by atoms with Crippen molar-refractivity contribution in [1.82, 2.24) is 5.32 Å². The van der Waals surface area contributed by atoms with Gasteiger partial charge in [-0.3, -0.25) is 14.9 Å². The van der Waals surface area contributed by atoms with Crippen molar-refractivity contribution in [3.05, 3.63) is 63.4 Å². The zero-order chi connectivity index (χ0) is 22.1. The van der Waals surface area contributed by atoms with Crippen LogP contribution in [-0.4, -0.2) is 30.9 Å². The summed E-state index contributed by atoms with van der Waals surface area (Å²) in [5.41, 5.74) is 0.447. The number of hydrogen-bond donors (Lipinski definition) is 1. The van der Waals surface area contributed by atoms with Gasteiger partial charge in [0.1, 0.15) is 11.4 Å². The number of benzene rings is 2. The summed E-state index contributed by atoms with van der Waals surface area (Å²) in [5, 5.41) is 2.21. The highest BCUT2D eigenvalue weighted by Gasteiger charge is 2.38. The fourth-order valence-corrected chi connectivity index (χ4v) is 4.06. The van der Waals surface area contributed by atoms with Crippen molar-refractivity contribution in [3.63, 3.8) is 0 Å². The largest absolute Gasteiger partial charge is 0.371 e. The Balaban J connectivity index is 1.68. The maximum Gasteiger partial charge on any atom is 0.336 e. The van der Waals surface area contributed by atoms with Crippen LogP contribution in [0.1, 0.15) is 24.8 Å². The van der Waals surface area contributed by atoms with Gasteiger partial charge in [0, 0.05) is 24.3 Å². The number of anilines is 2. The van der Waals surface area contributed by atoms with Crippen LogP contribution in [-0.2, 0) is 9.59 Å². The molecule has 4 rings (SSSR count). The number of halogens is 3. The highest BCUT2D eigenvalue weighted by atomic mass is 35.5. The smallest absolute Gasteiger partial charge is 0.336 e. The summed E-state index contributed by atoms with van der Waals surface area (Å²) in [4.78, 5) is 40.5. The van der Waals surface area contributed by atoms with Crippen molar-refractivity contribution < 1.29 is 18.8 Å². The molecule has 2 fully saturated rings. The standard InChI is InChI=1S/C22H18Cl2FN3O3/c23-16-5-4-6-18(19(16)24)28-21(30)15(20(29)26-22(28)31)11-13-7-8-14(12-17(13)25)27-9-2-1-3-10-27/h4-8,11-12H,1-3,9-10H2,(H,26,29,31)/b15-11+. The number of rotatable bonds is 3. The molecule has 0 saturated carbocycles. The number of barbiturate groups is 1. The van der Waals surface area contributed by atoms with Gasteiger partial charge in [-0.25, -0.2) is 14.1 Å². The number of imide groups is 2. The van der Waals surface area contributed by atoms with Crippen molar-refractivity contribution in [1.29, 1.82) is 0 Å². The monoisotopic (exact) mass is 461 g/mol. The van der Waals surface area contributed by atoms with Crippen LogP contribution in [0.3, 0.4) is 0 Å².